The van der Waals surface area contributed by atoms with Crippen LogP contribution in [0, 0.1) is 0 Å². The molecule has 2 aliphatic rings. The summed E-state index contributed by atoms with van der Waals surface area (Å²) < 4.78 is 1.75. The first-order chi connectivity index (χ1) is 14.2. The molecule has 10 nitrogen and oxygen atoms in total. The van der Waals surface area contributed by atoms with Gasteiger partial charge in [-0.15, -0.1) is 0 Å². The Kier molecular flexibility index (Phi) is 5.08. The summed E-state index contributed by atoms with van der Waals surface area (Å²) >= 11 is 0. The number of hydrogen-bond acceptors (Lipinski definition) is 6. The standard InChI is InChI=1S/C20H28N8O2/c1-20(2,3)24-19(30)27-8-9-28-14(12-27)15(17(21)29)16(25-28)13-10-22-18(23-11-13)26-6-4-5-7-26/h10-11H,4-9,12H2,1-3H3,(H2,21,29)(H,24,30). The van der Waals surface area contributed by atoms with Crippen LogP contribution in [0.5, 0.6) is 0 Å². The van der Waals surface area contributed by atoms with Crippen LogP contribution in [0.4, 0.5) is 10.7 Å². The second-order valence-corrected chi connectivity index (χ2v) is 8.83. The van der Waals surface area contributed by atoms with Gasteiger partial charge in [-0.2, -0.15) is 5.10 Å². The lowest BCUT2D eigenvalue weighted by Gasteiger charge is -2.31. The Balaban J connectivity index is 1.62. The minimum atomic E-state index is -0.576. The van der Waals surface area contributed by atoms with E-state index in [1.807, 2.05) is 20.8 Å². The maximum absolute atomic E-state index is 12.6. The lowest BCUT2D eigenvalue weighted by Crippen LogP contribution is -2.50. The monoisotopic (exact) mass is 412 g/mol. The zero-order valence-electron chi connectivity index (χ0n) is 17.7. The van der Waals surface area contributed by atoms with Crippen molar-refractivity contribution in [1.29, 1.82) is 0 Å². The molecule has 10 heteroatoms. The highest BCUT2D eigenvalue weighted by molar-refractivity contribution is 6.00. The lowest BCUT2D eigenvalue weighted by atomic mass is 10.1. The van der Waals surface area contributed by atoms with Crippen molar-refractivity contribution >= 4 is 17.9 Å². The van der Waals surface area contributed by atoms with Crippen LogP contribution in [0.15, 0.2) is 12.4 Å². The van der Waals surface area contributed by atoms with Gasteiger partial charge in [0.1, 0.15) is 5.69 Å². The van der Waals surface area contributed by atoms with Crippen LogP contribution in [0.1, 0.15) is 49.7 Å². The van der Waals surface area contributed by atoms with Crippen molar-refractivity contribution < 1.29 is 9.59 Å². The summed E-state index contributed by atoms with van der Waals surface area (Å²) in [5.41, 5.74) is 7.42. The van der Waals surface area contributed by atoms with Crippen molar-refractivity contribution in [2.24, 2.45) is 5.73 Å². The molecule has 3 amide bonds. The Hall–Kier alpha value is -3.17. The minimum Gasteiger partial charge on any atom is -0.365 e. The van der Waals surface area contributed by atoms with E-state index in [1.165, 1.54) is 0 Å². The molecular formula is C20H28N8O2. The highest BCUT2D eigenvalue weighted by Gasteiger charge is 2.31. The first kappa shape index (κ1) is 20.1. The normalized spacial score (nSPS) is 16.5. The smallest absolute Gasteiger partial charge is 0.318 e. The van der Waals surface area contributed by atoms with Crippen molar-refractivity contribution in [3.05, 3.63) is 23.7 Å². The molecule has 1 saturated heterocycles. The molecule has 1 fully saturated rings. The molecule has 0 aliphatic carbocycles. The fraction of sp³-hybridized carbons (Fsp3) is 0.550. The number of aromatic nitrogens is 4. The average molecular weight is 412 g/mol. The SMILES string of the molecule is CC(C)(C)NC(=O)N1CCn2nc(-c3cnc(N4CCCC4)nc3)c(C(N)=O)c2C1. The summed E-state index contributed by atoms with van der Waals surface area (Å²) in [5, 5.41) is 7.56. The van der Waals surface area contributed by atoms with Gasteiger partial charge < -0.3 is 20.9 Å². The Morgan fingerprint density at radius 2 is 1.73 bits per heavy atom. The minimum absolute atomic E-state index is 0.176. The summed E-state index contributed by atoms with van der Waals surface area (Å²) in [6.45, 7) is 8.94. The summed E-state index contributed by atoms with van der Waals surface area (Å²) in [6, 6.07) is -0.176. The third kappa shape index (κ3) is 3.94. The van der Waals surface area contributed by atoms with Gasteiger partial charge in [-0.1, -0.05) is 0 Å². The number of hydrogen-bond donors (Lipinski definition) is 2. The molecule has 2 aromatic heterocycles. The van der Waals surface area contributed by atoms with Crippen LogP contribution < -0.4 is 16.0 Å². The van der Waals surface area contributed by atoms with Crippen LogP contribution in [0.3, 0.4) is 0 Å². The fourth-order valence-electron chi connectivity index (χ4n) is 3.88. The average Bonchev–Trinajstić information content (AvgIpc) is 3.34. The van der Waals surface area contributed by atoms with Gasteiger partial charge in [0.15, 0.2) is 0 Å². The Bertz CT molecular complexity index is 954. The lowest BCUT2D eigenvalue weighted by molar-refractivity contribution is 0.0997. The fourth-order valence-corrected chi connectivity index (χ4v) is 3.88. The second kappa shape index (κ2) is 7.58. The van der Waals surface area contributed by atoms with Crippen molar-refractivity contribution in [3.63, 3.8) is 0 Å². The molecule has 0 bridgehead atoms. The van der Waals surface area contributed by atoms with Crippen molar-refractivity contribution in [1.82, 2.24) is 30.0 Å². The Morgan fingerprint density at radius 1 is 1.07 bits per heavy atom. The number of nitrogens with two attached hydrogens (primary N) is 1. The molecule has 0 aromatic carbocycles. The molecule has 4 heterocycles. The number of nitrogens with one attached hydrogen (secondary N) is 1. The van der Waals surface area contributed by atoms with Gasteiger partial charge in [0.25, 0.3) is 5.91 Å². The van der Waals surface area contributed by atoms with E-state index in [0.29, 0.717) is 41.6 Å². The van der Waals surface area contributed by atoms with Gasteiger partial charge in [-0.25, -0.2) is 14.8 Å². The first-order valence-corrected chi connectivity index (χ1v) is 10.3. The third-order valence-electron chi connectivity index (χ3n) is 5.30. The molecule has 0 saturated carbocycles. The van der Waals surface area contributed by atoms with E-state index < -0.39 is 5.91 Å². The second-order valence-electron chi connectivity index (χ2n) is 8.83. The van der Waals surface area contributed by atoms with Crippen LogP contribution in [-0.4, -0.2) is 61.8 Å². The number of nitrogens with zero attached hydrogens (tertiary/aromatic N) is 6. The molecule has 2 aliphatic heterocycles. The van der Waals surface area contributed by atoms with Crippen LogP contribution >= 0.6 is 0 Å². The van der Waals surface area contributed by atoms with Crippen LogP contribution in [0.2, 0.25) is 0 Å². The maximum atomic E-state index is 12.6. The molecule has 0 spiro atoms. The first-order valence-electron chi connectivity index (χ1n) is 10.3. The van der Waals surface area contributed by atoms with Gasteiger partial charge in [-0.05, 0) is 33.6 Å². The van der Waals surface area contributed by atoms with Crippen molar-refractivity contribution in [2.45, 2.75) is 52.2 Å². The molecule has 0 atom stereocenters. The summed E-state index contributed by atoms with van der Waals surface area (Å²) in [6.07, 6.45) is 5.66. The predicted molar refractivity (Wildman–Crippen MR) is 112 cm³/mol. The van der Waals surface area contributed by atoms with Gasteiger partial charge in [0.2, 0.25) is 5.95 Å². The summed E-state index contributed by atoms with van der Waals surface area (Å²) in [5.74, 6) is 0.110. The molecule has 160 valence electrons. The Morgan fingerprint density at radius 3 is 2.33 bits per heavy atom. The highest BCUT2D eigenvalue weighted by atomic mass is 16.2. The van der Waals surface area contributed by atoms with Gasteiger partial charge >= 0.3 is 6.03 Å². The predicted octanol–water partition coefficient (Wildman–Crippen LogP) is 1.36. The number of carbonyl (C=O) groups excluding carboxylic acids is 2. The molecule has 4 rings (SSSR count). The molecule has 0 unspecified atom stereocenters. The van der Waals surface area contributed by atoms with Crippen molar-refractivity contribution in [3.8, 4) is 11.3 Å². The van der Waals surface area contributed by atoms with Crippen molar-refractivity contribution in [2.75, 3.05) is 24.5 Å². The number of anilines is 1. The summed E-state index contributed by atoms with van der Waals surface area (Å²) in [4.78, 5) is 37.6. The van der Waals surface area contributed by atoms with Crippen LogP contribution in [0.25, 0.3) is 11.3 Å². The van der Waals surface area contributed by atoms with E-state index in [0.717, 1.165) is 25.9 Å². The quantitative estimate of drug-likeness (QED) is 0.785. The molecule has 30 heavy (non-hydrogen) atoms. The molecule has 3 N–H and O–H groups in total. The number of urea groups is 1. The Labute approximate surface area is 175 Å². The largest absolute Gasteiger partial charge is 0.365 e. The van der Waals surface area contributed by atoms with E-state index in [2.05, 4.69) is 25.3 Å². The van der Waals surface area contributed by atoms with E-state index in [-0.39, 0.29) is 18.1 Å². The number of amides is 3. The van der Waals surface area contributed by atoms with Crippen LogP contribution in [-0.2, 0) is 13.1 Å². The van der Waals surface area contributed by atoms with E-state index in [9.17, 15) is 9.59 Å². The van der Waals surface area contributed by atoms with Gasteiger partial charge in [0.05, 0.1) is 24.3 Å². The van der Waals surface area contributed by atoms with E-state index in [4.69, 9.17) is 5.73 Å². The van der Waals surface area contributed by atoms with E-state index >= 15 is 0 Å². The topological polar surface area (TPSA) is 122 Å². The number of fused-ring (bicyclic) bond motifs is 1. The van der Waals surface area contributed by atoms with E-state index in [1.54, 1.807) is 22.0 Å². The maximum Gasteiger partial charge on any atom is 0.318 e. The number of rotatable bonds is 3. The summed E-state index contributed by atoms with van der Waals surface area (Å²) in [7, 11) is 0. The zero-order valence-corrected chi connectivity index (χ0v) is 17.7. The number of carbonyl (C=O) groups is 2. The molecular weight excluding hydrogens is 384 g/mol. The highest BCUT2D eigenvalue weighted by Crippen LogP contribution is 2.28. The molecule has 0 radical (unpaired) electrons. The van der Waals surface area contributed by atoms with Gasteiger partial charge in [0, 0.05) is 43.1 Å². The molecule has 2 aromatic rings. The number of primary amides is 1. The zero-order chi connectivity index (χ0) is 21.5. The van der Waals surface area contributed by atoms with Gasteiger partial charge in [-0.3, -0.25) is 9.48 Å². The third-order valence-corrected chi connectivity index (χ3v) is 5.30.